The zero-order chi connectivity index (χ0) is 25.3. The number of piperazine rings is 1. The molecule has 5 rings (SSSR count). The first-order chi connectivity index (χ1) is 17.3. The fraction of sp³-hybridized carbons (Fsp3) is 0.222. The monoisotopic (exact) mass is 525 g/mol. The van der Waals surface area contributed by atoms with E-state index in [9.17, 15) is 17.6 Å². The van der Waals surface area contributed by atoms with Gasteiger partial charge in [0.2, 0.25) is 5.91 Å². The van der Waals surface area contributed by atoms with Gasteiger partial charge >= 0.3 is 0 Å². The summed E-state index contributed by atoms with van der Waals surface area (Å²) in [7, 11) is -3.77. The van der Waals surface area contributed by atoms with Gasteiger partial charge in [-0.25, -0.2) is 12.8 Å². The maximum atomic E-state index is 13.6. The van der Waals surface area contributed by atoms with Crippen molar-refractivity contribution in [3.8, 4) is 0 Å². The third-order valence-electron chi connectivity index (χ3n) is 6.44. The van der Waals surface area contributed by atoms with E-state index in [1.165, 1.54) is 24.4 Å². The number of carbonyl (C=O) groups is 1. The summed E-state index contributed by atoms with van der Waals surface area (Å²) < 4.78 is 41.9. The number of para-hydroxylation sites is 1. The van der Waals surface area contributed by atoms with Gasteiger partial charge in [0.15, 0.2) is 9.84 Å². The normalized spacial score (nSPS) is 14.4. The molecule has 1 aliphatic rings. The van der Waals surface area contributed by atoms with Gasteiger partial charge in [-0.1, -0.05) is 48.0 Å². The maximum absolute atomic E-state index is 13.6. The summed E-state index contributed by atoms with van der Waals surface area (Å²) in [4.78, 5) is 17.3. The number of sulfone groups is 1. The van der Waals surface area contributed by atoms with Gasteiger partial charge in [0, 0.05) is 54.0 Å². The Labute approximate surface area is 214 Å². The number of rotatable bonds is 6. The molecule has 3 aromatic carbocycles. The summed E-state index contributed by atoms with van der Waals surface area (Å²) in [6.45, 7) is 2.54. The Hall–Kier alpha value is -3.36. The number of carbonyl (C=O) groups excluding carboxylic acids is 1. The highest BCUT2D eigenvalue weighted by molar-refractivity contribution is 7.90. The molecule has 4 aromatic rings. The van der Waals surface area contributed by atoms with E-state index in [0.29, 0.717) is 47.7 Å². The highest BCUT2D eigenvalue weighted by Crippen LogP contribution is 2.28. The van der Waals surface area contributed by atoms with Crippen molar-refractivity contribution < 1.29 is 17.6 Å². The summed E-state index contributed by atoms with van der Waals surface area (Å²) in [6.07, 6.45) is 1.53. The molecular weight excluding hydrogens is 501 g/mol. The van der Waals surface area contributed by atoms with Gasteiger partial charge in [0.1, 0.15) is 12.4 Å². The van der Waals surface area contributed by atoms with E-state index in [1.807, 2.05) is 30.3 Å². The molecule has 1 aromatic heterocycles. The molecule has 0 unspecified atom stereocenters. The van der Waals surface area contributed by atoms with Gasteiger partial charge in [0.05, 0.1) is 10.6 Å². The van der Waals surface area contributed by atoms with Crippen molar-refractivity contribution in [1.29, 1.82) is 0 Å². The van der Waals surface area contributed by atoms with Crippen molar-refractivity contribution >= 4 is 43.9 Å². The minimum Gasteiger partial charge on any atom is -0.368 e. The molecule has 0 aliphatic carbocycles. The molecule has 0 radical (unpaired) electrons. The van der Waals surface area contributed by atoms with Gasteiger partial charge in [-0.3, -0.25) is 4.79 Å². The number of nitrogens with zero attached hydrogens (tertiary/aromatic N) is 3. The molecule has 1 amide bonds. The molecule has 0 saturated carbocycles. The Morgan fingerprint density at radius 3 is 2.42 bits per heavy atom. The summed E-state index contributed by atoms with van der Waals surface area (Å²) in [5, 5.41) is 1.22. The standard InChI is InChI=1S/C27H25ClFN3O3S/c28-21-6-4-8-23(16-21)30-11-13-31(14-12-30)27(33)18-32-17-26(24-9-1-2-10-25(24)32)36(34,35)19-20-5-3-7-22(29)15-20/h1-10,15-17H,11-14,18-19H2. The second kappa shape index (κ2) is 9.95. The minimum absolute atomic E-state index is 0.0349. The number of hydrogen-bond donors (Lipinski definition) is 0. The Balaban J connectivity index is 1.34. The number of fused-ring (bicyclic) bond motifs is 1. The fourth-order valence-electron chi connectivity index (χ4n) is 4.65. The largest absolute Gasteiger partial charge is 0.368 e. The van der Waals surface area contributed by atoms with Crippen molar-refractivity contribution in [2.45, 2.75) is 17.2 Å². The highest BCUT2D eigenvalue weighted by Gasteiger charge is 2.25. The molecule has 1 saturated heterocycles. The second-order valence-electron chi connectivity index (χ2n) is 8.88. The van der Waals surface area contributed by atoms with Crippen LogP contribution in [0, 0.1) is 5.82 Å². The van der Waals surface area contributed by atoms with Crippen molar-refractivity contribution in [2.24, 2.45) is 0 Å². The number of amides is 1. The van der Waals surface area contributed by atoms with E-state index in [1.54, 1.807) is 33.7 Å². The van der Waals surface area contributed by atoms with Crippen LogP contribution < -0.4 is 4.90 Å². The number of aromatic nitrogens is 1. The van der Waals surface area contributed by atoms with Crippen LogP contribution in [-0.4, -0.2) is 50.0 Å². The lowest BCUT2D eigenvalue weighted by Crippen LogP contribution is -2.49. The average Bonchev–Trinajstić information content (AvgIpc) is 3.23. The first kappa shape index (κ1) is 24.3. The van der Waals surface area contributed by atoms with Crippen LogP contribution in [-0.2, 0) is 26.9 Å². The summed E-state index contributed by atoms with van der Waals surface area (Å²) in [6, 6.07) is 20.4. The Morgan fingerprint density at radius 2 is 1.67 bits per heavy atom. The molecule has 186 valence electrons. The predicted octanol–water partition coefficient (Wildman–Crippen LogP) is 4.76. The van der Waals surface area contributed by atoms with Gasteiger partial charge in [-0.15, -0.1) is 0 Å². The molecule has 0 N–H and O–H groups in total. The van der Waals surface area contributed by atoms with E-state index in [4.69, 9.17) is 11.6 Å². The molecule has 9 heteroatoms. The minimum atomic E-state index is -3.77. The topological polar surface area (TPSA) is 62.6 Å². The van der Waals surface area contributed by atoms with Crippen LogP contribution in [0.4, 0.5) is 10.1 Å². The SMILES string of the molecule is O=C(Cn1cc(S(=O)(=O)Cc2cccc(F)c2)c2ccccc21)N1CCN(c2cccc(Cl)c2)CC1. The van der Waals surface area contributed by atoms with Crippen LogP contribution in [0.15, 0.2) is 83.9 Å². The Morgan fingerprint density at radius 1 is 0.917 bits per heavy atom. The van der Waals surface area contributed by atoms with E-state index < -0.39 is 15.7 Å². The lowest BCUT2D eigenvalue weighted by molar-refractivity contribution is -0.132. The number of hydrogen-bond acceptors (Lipinski definition) is 4. The molecule has 1 fully saturated rings. The van der Waals surface area contributed by atoms with Crippen LogP contribution in [0.3, 0.4) is 0 Å². The third-order valence-corrected chi connectivity index (χ3v) is 8.39. The van der Waals surface area contributed by atoms with E-state index in [2.05, 4.69) is 4.90 Å². The maximum Gasteiger partial charge on any atom is 0.242 e. The molecule has 0 spiro atoms. The smallest absolute Gasteiger partial charge is 0.242 e. The first-order valence-corrected chi connectivity index (χ1v) is 13.7. The zero-order valence-electron chi connectivity index (χ0n) is 19.5. The number of halogens is 2. The van der Waals surface area contributed by atoms with E-state index >= 15 is 0 Å². The molecule has 1 aliphatic heterocycles. The van der Waals surface area contributed by atoms with Crippen LogP contribution in [0.5, 0.6) is 0 Å². The average molecular weight is 526 g/mol. The molecule has 36 heavy (non-hydrogen) atoms. The Kier molecular flexibility index (Phi) is 6.73. The zero-order valence-corrected chi connectivity index (χ0v) is 21.1. The van der Waals surface area contributed by atoms with Crippen molar-refractivity contribution in [3.63, 3.8) is 0 Å². The highest BCUT2D eigenvalue weighted by atomic mass is 35.5. The quantitative estimate of drug-likeness (QED) is 0.364. The molecule has 0 bridgehead atoms. The third kappa shape index (κ3) is 5.10. The second-order valence-corrected chi connectivity index (χ2v) is 11.3. The van der Waals surface area contributed by atoms with Gasteiger partial charge in [-0.05, 0) is 42.0 Å². The van der Waals surface area contributed by atoms with Crippen LogP contribution in [0.25, 0.3) is 10.9 Å². The molecule has 0 atom stereocenters. The summed E-state index contributed by atoms with van der Waals surface area (Å²) in [5.74, 6) is -0.875. The predicted molar refractivity (Wildman–Crippen MR) is 139 cm³/mol. The first-order valence-electron chi connectivity index (χ1n) is 11.6. The fourth-order valence-corrected chi connectivity index (χ4v) is 6.40. The molecule has 2 heterocycles. The lowest BCUT2D eigenvalue weighted by atomic mass is 10.2. The van der Waals surface area contributed by atoms with Gasteiger partial charge in [0.25, 0.3) is 0 Å². The van der Waals surface area contributed by atoms with Crippen LogP contribution >= 0.6 is 11.6 Å². The van der Waals surface area contributed by atoms with Crippen molar-refractivity contribution in [2.75, 3.05) is 31.1 Å². The lowest BCUT2D eigenvalue weighted by Gasteiger charge is -2.36. The van der Waals surface area contributed by atoms with Gasteiger partial charge < -0.3 is 14.4 Å². The van der Waals surface area contributed by atoms with Crippen molar-refractivity contribution in [3.05, 3.63) is 95.4 Å². The summed E-state index contributed by atoms with van der Waals surface area (Å²) >= 11 is 6.11. The number of benzene rings is 3. The Bertz CT molecular complexity index is 1530. The van der Waals surface area contributed by atoms with E-state index in [-0.39, 0.29) is 23.1 Å². The number of anilines is 1. The van der Waals surface area contributed by atoms with Crippen LogP contribution in [0.1, 0.15) is 5.56 Å². The van der Waals surface area contributed by atoms with E-state index in [0.717, 1.165) is 5.69 Å². The summed E-state index contributed by atoms with van der Waals surface area (Å²) in [5.41, 5.74) is 2.07. The van der Waals surface area contributed by atoms with Crippen LogP contribution in [0.2, 0.25) is 5.02 Å². The molecule has 6 nitrogen and oxygen atoms in total. The molecular formula is C27H25ClFN3O3S. The van der Waals surface area contributed by atoms with Crippen molar-refractivity contribution in [1.82, 2.24) is 9.47 Å². The van der Waals surface area contributed by atoms with Gasteiger partial charge in [-0.2, -0.15) is 0 Å².